The summed E-state index contributed by atoms with van der Waals surface area (Å²) in [7, 11) is 0. The highest BCUT2D eigenvalue weighted by molar-refractivity contribution is 5.85. The number of unbranched alkanes of at least 4 members (excludes halogenated alkanes) is 3. The molecular weight excluding hydrogens is 268 g/mol. The van der Waals surface area contributed by atoms with Crippen LogP contribution in [0.1, 0.15) is 68.9 Å². The van der Waals surface area contributed by atoms with Crippen LogP contribution in [0.15, 0.2) is 24.3 Å². The van der Waals surface area contributed by atoms with Crippen LogP contribution in [0.25, 0.3) is 0 Å². The third-order valence-corrected chi connectivity index (χ3v) is 4.25. The molecule has 0 fully saturated rings. The number of ether oxygens (including phenoxy) is 1. The van der Waals surface area contributed by atoms with Crippen molar-refractivity contribution in [1.29, 1.82) is 0 Å². The number of rotatable bonds is 8. The highest BCUT2D eigenvalue weighted by atomic mass is 35.5. The van der Waals surface area contributed by atoms with Gasteiger partial charge in [0.05, 0.1) is 0 Å². The molecule has 0 amide bonds. The molecule has 0 saturated carbocycles. The monoisotopic (exact) mass is 296 g/mol. The van der Waals surface area contributed by atoms with Gasteiger partial charge in [0.15, 0.2) is 0 Å². The second-order valence-corrected chi connectivity index (χ2v) is 5.75. The summed E-state index contributed by atoms with van der Waals surface area (Å²) in [6, 6.07) is 8.97. The van der Waals surface area contributed by atoms with Crippen molar-refractivity contribution in [2.24, 2.45) is 0 Å². The van der Waals surface area contributed by atoms with E-state index < -0.39 is 0 Å². The lowest BCUT2D eigenvalue weighted by Gasteiger charge is -2.25. The minimum atomic E-state index is 0. The molecule has 1 aromatic carbocycles. The van der Waals surface area contributed by atoms with Gasteiger partial charge >= 0.3 is 0 Å². The van der Waals surface area contributed by atoms with Crippen molar-refractivity contribution in [1.82, 2.24) is 0 Å². The molecule has 0 bridgehead atoms. The minimum absolute atomic E-state index is 0. The van der Waals surface area contributed by atoms with Crippen LogP contribution in [0.2, 0.25) is 0 Å². The molecule has 1 atom stereocenters. The number of hydrogen-bond acceptors (Lipinski definition) is 1. The van der Waals surface area contributed by atoms with Gasteiger partial charge in [-0.15, -0.1) is 12.4 Å². The Bertz CT molecular complexity index is 364. The first-order chi connectivity index (χ1) is 9.42. The van der Waals surface area contributed by atoms with E-state index in [1.807, 2.05) is 0 Å². The largest absolute Gasteiger partial charge is 0.381 e. The second kappa shape index (κ2) is 10.2. The topological polar surface area (TPSA) is 9.23 Å². The predicted octanol–water partition coefficient (Wildman–Crippen LogP) is 5.52. The molecular formula is C18H29ClO. The van der Waals surface area contributed by atoms with Crippen LogP contribution in [0.5, 0.6) is 0 Å². The summed E-state index contributed by atoms with van der Waals surface area (Å²) in [4.78, 5) is 0. The molecule has 0 N–H and O–H groups in total. The van der Waals surface area contributed by atoms with Crippen LogP contribution in [0.3, 0.4) is 0 Å². The molecule has 20 heavy (non-hydrogen) atoms. The van der Waals surface area contributed by atoms with E-state index in [0.717, 1.165) is 19.1 Å². The van der Waals surface area contributed by atoms with Crippen LogP contribution in [-0.2, 0) is 11.2 Å². The standard InChI is InChI=1S/C18H28O.ClH/c1-2-3-4-7-14-19-15-13-17-11-8-10-16-9-5-6-12-18(16)17;/h5-6,9,12,17H,2-4,7-8,10-11,13-15H2,1H3;1H. The van der Waals surface area contributed by atoms with Crippen LogP contribution in [0, 0.1) is 0 Å². The van der Waals surface area contributed by atoms with Crippen LogP contribution < -0.4 is 0 Å². The summed E-state index contributed by atoms with van der Waals surface area (Å²) < 4.78 is 5.80. The fraction of sp³-hybridized carbons (Fsp3) is 0.667. The molecule has 2 heteroatoms. The molecule has 1 unspecified atom stereocenters. The maximum atomic E-state index is 5.80. The van der Waals surface area contributed by atoms with Gasteiger partial charge < -0.3 is 4.74 Å². The normalized spacial score (nSPS) is 17.4. The fourth-order valence-electron chi connectivity index (χ4n) is 3.11. The van der Waals surface area contributed by atoms with Crippen LogP contribution >= 0.6 is 12.4 Å². The van der Waals surface area contributed by atoms with Gasteiger partial charge in [0.1, 0.15) is 0 Å². The third kappa shape index (κ3) is 5.46. The summed E-state index contributed by atoms with van der Waals surface area (Å²) in [6.45, 7) is 4.14. The molecule has 1 aliphatic carbocycles. The summed E-state index contributed by atoms with van der Waals surface area (Å²) in [6.07, 6.45) is 10.4. The smallest absolute Gasteiger partial charge is 0.0471 e. The summed E-state index contributed by atoms with van der Waals surface area (Å²) >= 11 is 0. The quantitative estimate of drug-likeness (QED) is 0.574. The Hall–Kier alpha value is -0.530. The SMILES string of the molecule is CCCCCCOCCC1CCCc2ccccc21.Cl. The van der Waals surface area contributed by atoms with E-state index in [4.69, 9.17) is 4.74 Å². The van der Waals surface area contributed by atoms with E-state index in [-0.39, 0.29) is 12.4 Å². The molecule has 0 aliphatic heterocycles. The van der Waals surface area contributed by atoms with Gasteiger partial charge in [-0.1, -0.05) is 50.5 Å². The van der Waals surface area contributed by atoms with E-state index in [1.54, 1.807) is 11.1 Å². The van der Waals surface area contributed by atoms with E-state index in [1.165, 1.54) is 51.4 Å². The summed E-state index contributed by atoms with van der Waals surface area (Å²) in [5.41, 5.74) is 3.16. The van der Waals surface area contributed by atoms with Gasteiger partial charge in [-0.25, -0.2) is 0 Å². The number of benzene rings is 1. The molecule has 0 saturated heterocycles. The Labute approximate surface area is 130 Å². The van der Waals surface area contributed by atoms with Gasteiger partial charge in [0, 0.05) is 13.2 Å². The molecule has 1 aliphatic rings. The average Bonchev–Trinajstić information content (AvgIpc) is 2.46. The lowest BCUT2D eigenvalue weighted by molar-refractivity contribution is 0.121. The van der Waals surface area contributed by atoms with Crippen molar-refractivity contribution in [3.63, 3.8) is 0 Å². The van der Waals surface area contributed by atoms with Crippen molar-refractivity contribution in [3.8, 4) is 0 Å². The van der Waals surface area contributed by atoms with E-state index in [0.29, 0.717) is 0 Å². The van der Waals surface area contributed by atoms with Gasteiger partial charge in [-0.3, -0.25) is 0 Å². The number of hydrogen-bond donors (Lipinski definition) is 0. The fourth-order valence-corrected chi connectivity index (χ4v) is 3.11. The van der Waals surface area contributed by atoms with Crippen molar-refractivity contribution < 1.29 is 4.74 Å². The Balaban J connectivity index is 0.00000200. The zero-order chi connectivity index (χ0) is 13.3. The Kier molecular flexibility index (Phi) is 8.97. The molecule has 0 radical (unpaired) electrons. The van der Waals surface area contributed by atoms with E-state index in [9.17, 15) is 0 Å². The molecule has 1 aromatic rings. The van der Waals surface area contributed by atoms with Crippen molar-refractivity contribution >= 4 is 12.4 Å². The van der Waals surface area contributed by atoms with Crippen molar-refractivity contribution in [3.05, 3.63) is 35.4 Å². The predicted molar refractivity (Wildman–Crippen MR) is 88.9 cm³/mol. The van der Waals surface area contributed by atoms with Gasteiger partial charge in [0.25, 0.3) is 0 Å². The van der Waals surface area contributed by atoms with Crippen LogP contribution in [0.4, 0.5) is 0 Å². The van der Waals surface area contributed by atoms with Crippen LogP contribution in [-0.4, -0.2) is 13.2 Å². The molecule has 1 nitrogen and oxygen atoms in total. The Morgan fingerprint density at radius 3 is 2.80 bits per heavy atom. The Morgan fingerprint density at radius 1 is 1.10 bits per heavy atom. The highest BCUT2D eigenvalue weighted by Gasteiger charge is 2.19. The Morgan fingerprint density at radius 2 is 1.95 bits per heavy atom. The average molecular weight is 297 g/mol. The van der Waals surface area contributed by atoms with Crippen molar-refractivity contribution in [2.45, 2.75) is 64.2 Å². The lowest BCUT2D eigenvalue weighted by atomic mass is 9.81. The summed E-state index contributed by atoms with van der Waals surface area (Å²) in [5.74, 6) is 0.737. The van der Waals surface area contributed by atoms with Gasteiger partial charge in [0.2, 0.25) is 0 Å². The maximum absolute atomic E-state index is 5.80. The van der Waals surface area contributed by atoms with Gasteiger partial charge in [-0.2, -0.15) is 0 Å². The van der Waals surface area contributed by atoms with Crippen molar-refractivity contribution in [2.75, 3.05) is 13.2 Å². The van der Waals surface area contributed by atoms with Gasteiger partial charge in [-0.05, 0) is 49.1 Å². The highest BCUT2D eigenvalue weighted by Crippen LogP contribution is 2.33. The van der Waals surface area contributed by atoms with E-state index in [2.05, 4.69) is 31.2 Å². The number of aryl methyl sites for hydroxylation is 1. The second-order valence-electron chi connectivity index (χ2n) is 5.75. The first-order valence-corrected chi connectivity index (χ1v) is 8.07. The maximum Gasteiger partial charge on any atom is 0.0471 e. The third-order valence-electron chi connectivity index (χ3n) is 4.25. The van der Waals surface area contributed by atoms with E-state index >= 15 is 0 Å². The molecule has 0 heterocycles. The number of fused-ring (bicyclic) bond motifs is 1. The zero-order valence-electron chi connectivity index (χ0n) is 12.8. The number of halogens is 1. The molecule has 0 spiro atoms. The minimum Gasteiger partial charge on any atom is -0.381 e. The molecule has 114 valence electrons. The first kappa shape index (κ1) is 17.5. The first-order valence-electron chi connectivity index (χ1n) is 8.07. The molecule has 2 rings (SSSR count). The zero-order valence-corrected chi connectivity index (χ0v) is 13.6. The summed E-state index contributed by atoms with van der Waals surface area (Å²) in [5, 5.41) is 0. The molecule has 0 aromatic heterocycles. The lowest BCUT2D eigenvalue weighted by Crippen LogP contribution is -2.12.